The third-order valence-corrected chi connectivity index (χ3v) is 3.14. The Labute approximate surface area is 97.5 Å². The van der Waals surface area contributed by atoms with E-state index in [9.17, 15) is 9.90 Å². The van der Waals surface area contributed by atoms with Gasteiger partial charge in [0, 0.05) is 5.57 Å². The van der Waals surface area contributed by atoms with Gasteiger partial charge in [-0.1, -0.05) is 32.8 Å². The molecule has 0 spiro atoms. The second-order valence-electron chi connectivity index (χ2n) is 4.77. The number of esters is 1. The molecular weight excluding hydrogens is 204 g/mol. The molecule has 0 amide bonds. The van der Waals surface area contributed by atoms with Crippen LogP contribution in [0.15, 0.2) is 12.2 Å². The molecule has 1 aliphatic rings. The van der Waals surface area contributed by atoms with Crippen LogP contribution in [0.3, 0.4) is 0 Å². The zero-order chi connectivity index (χ0) is 12.1. The van der Waals surface area contributed by atoms with Crippen molar-refractivity contribution in [2.24, 2.45) is 5.92 Å². The van der Waals surface area contributed by atoms with Crippen molar-refractivity contribution in [3.8, 4) is 0 Å². The predicted octanol–water partition coefficient (Wildman–Crippen LogP) is 2.44. The van der Waals surface area contributed by atoms with Crippen molar-refractivity contribution < 1.29 is 14.6 Å². The Morgan fingerprint density at radius 1 is 1.50 bits per heavy atom. The van der Waals surface area contributed by atoms with Crippen LogP contribution in [-0.2, 0) is 9.53 Å². The number of ether oxygens (including phenoxy) is 1. The maximum Gasteiger partial charge on any atom is 0.333 e. The second-order valence-corrected chi connectivity index (χ2v) is 4.77. The largest absolute Gasteiger partial charge is 0.456 e. The Bertz CT molecular complexity index is 260. The van der Waals surface area contributed by atoms with Gasteiger partial charge >= 0.3 is 5.97 Å². The smallest absolute Gasteiger partial charge is 0.333 e. The van der Waals surface area contributed by atoms with E-state index in [1.54, 1.807) is 6.92 Å². The molecule has 0 heterocycles. The normalized spacial score (nSPS) is 29.1. The number of hydrogen-bond acceptors (Lipinski definition) is 3. The number of aliphatic hydroxyl groups excluding tert-OH is 1. The summed E-state index contributed by atoms with van der Waals surface area (Å²) < 4.78 is 5.21. The van der Waals surface area contributed by atoms with Crippen LogP contribution in [0.25, 0.3) is 0 Å². The molecule has 1 fully saturated rings. The fraction of sp³-hybridized carbons (Fsp3) is 0.769. The molecule has 0 aromatic heterocycles. The molecule has 3 unspecified atom stereocenters. The molecule has 0 aromatic carbocycles. The number of rotatable bonds is 5. The summed E-state index contributed by atoms with van der Waals surface area (Å²) in [6.07, 6.45) is 4.20. The van der Waals surface area contributed by atoms with Gasteiger partial charge in [-0.25, -0.2) is 4.79 Å². The lowest BCUT2D eigenvalue weighted by atomic mass is 10.0. The second kappa shape index (κ2) is 6.04. The number of carbonyl (C=O) groups is 1. The van der Waals surface area contributed by atoms with E-state index in [1.807, 2.05) is 0 Å². The first-order chi connectivity index (χ1) is 7.54. The molecule has 1 saturated carbocycles. The van der Waals surface area contributed by atoms with Crippen LogP contribution >= 0.6 is 0 Å². The molecule has 3 nitrogen and oxygen atoms in total. The maximum absolute atomic E-state index is 11.3. The third-order valence-electron chi connectivity index (χ3n) is 3.14. The van der Waals surface area contributed by atoms with Crippen molar-refractivity contribution in [1.29, 1.82) is 0 Å². The number of aliphatic hydroxyl groups is 1. The van der Waals surface area contributed by atoms with Crippen molar-refractivity contribution >= 4 is 5.97 Å². The number of carbonyl (C=O) groups excluding carboxylic acids is 1. The number of hydrogen-bond donors (Lipinski definition) is 1. The highest BCUT2D eigenvalue weighted by molar-refractivity contribution is 5.87. The summed E-state index contributed by atoms with van der Waals surface area (Å²) in [5.74, 6) is 0.109. The highest BCUT2D eigenvalue weighted by atomic mass is 16.6. The van der Waals surface area contributed by atoms with Gasteiger partial charge in [0.05, 0.1) is 6.10 Å². The van der Waals surface area contributed by atoms with Crippen LogP contribution < -0.4 is 0 Å². The first kappa shape index (κ1) is 13.2. The summed E-state index contributed by atoms with van der Waals surface area (Å²) in [5.41, 5.74) is 0.393. The predicted molar refractivity (Wildman–Crippen MR) is 62.9 cm³/mol. The lowest BCUT2D eigenvalue weighted by Gasteiger charge is -2.15. The van der Waals surface area contributed by atoms with Gasteiger partial charge < -0.3 is 9.84 Å². The van der Waals surface area contributed by atoms with Crippen LogP contribution in [0.1, 0.15) is 46.0 Å². The summed E-state index contributed by atoms with van der Waals surface area (Å²) in [4.78, 5) is 11.3. The Kier molecular flexibility index (Phi) is 5.00. The molecule has 0 aromatic rings. The lowest BCUT2D eigenvalue weighted by Crippen LogP contribution is -2.26. The van der Waals surface area contributed by atoms with Gasteiger partial charge in [-0.05, 0) is 25.7 Å². The molecule has 3 heteroatoms. The molecule has 0 bridgehead atoms. The van der Waals surface area contributed by atoms with Gasteiger partial charge in [-0.3, -0.25) is 0 Å². The van der Waals surface area contributed by atoms with Gasteiger partial charge in [-0.15, -0.1) is 0 Å². The highest BCUT2D eigenvalue weighted by Gasteiger charge is 2.35. The van der Waals surface area contributed by atoms with Crippen molar-refractivity contribution in [1.82, 2.24) is 0 Å². The Morgan fingerprint density at radius 3 is 2.75 bits per heavy atom. The van der Waals surface area contributed by atoms with E-state index in [-0.39, 0.29) is 12.1 Å². The average Bonchev–Trinajstić information content (AvgIpc) is 2.56. The quantitative estimate of drug-likeness (QED) is 0.578. The zero-order valence-electron chi connectivity index (χ0n) is 10.2. The average molecular weight is 226 g/mol. The van der Waals surface area contributed by atoms with Crippen molar-refractivity contribution in [2.45, 2.75) is 58.2 Å². The molecule has 3 atom stereocenters. The van der Waals surface area contributed by atoms with E-state index < -0.39 is 6.10 Å². The molecular formula is C13H22O3. The van der Waals surface area contributed by atoms with Crippen molar-refractivity contribution in [3.63, 3.8) is 0 Å². The molecule has 92 valence electrons. The van der Waals surface area contributed by atoms with E-state index in [2.05, 4.69) is 13.5 Å². The SMILES string of the molecule is C=C(C)C(=O)OC1CC(CCCC)CC1O. The van der Waals surface area contributed by atoms with Crippen LogP contribution in [0.5, 0.6) is 0 Å². The first-order valence-electron chi connectivity index (χ1n) is 6.09. The summed E-state index contributed by atoms with van der Waals surface area (Å²) in [5, 5.41) is 9.78. The fourth-order valence-corrected chi connectivity index (χ4v) is 2.17. The van der Waals surface area contributed by atoms with Crippen LogP contribution in [0.4, 0.5) is 0 Å². The minimum absolute atomic E-state index is 0.328. The van der Waals surface area contributed by atoms with Gasteiger partial charge in [0.2, 0.25) is 0 Å². The van der Waals surface area contributed by atoms with E-state index in [0.717, 1.165) is 19.3 Å². The van der Waals surface area contributed by atoms with E-state index in [4.69, 9.17) is 4.74 Å². The molecule has 16 heavy (non-hydrogen) atoms. The maximum atomic E-state index is 11.3. The van der Waals surface area contributed by atoms with E-state index >= 15 is 0 Å². The van der Waals surface area contributed by atoms with Crippen LogP contribution in [0.2, 0.25) is 0 Å². The van der Waals surface area contributed by atoms with E-state index in [1.165, 1.54) is 12.8 Å². The van der Waals surface area contributed by atoms with Crippen molar-refractivity contribution in [3.05, 3.63) is 12.2 Å². The lowest BCUT2D eigenvalue weighted by molar-refractivity contribution is -0.148. The summed E-state index contributed by atoms with van der Waals surface area (Å²) in [6.45, 7) is 7.31. The van der Waals surface area contributed by atoms with Gasteiger partial charge in [0.25, 0.3) is 0 Å². The summed E-state index contributed by atoms with van der Waals surface area (Å²) >= 11 is 0. The number of unbranched alkanes of at least 4 members (excludes halogenated alkanes) is 1. The molecule has 0 saturated heterocycles. The van der Waals surface area contributed by atoms with Gasteiger partial charge in [0.1, 0.15) is 6.10 Å². The topological polar surface area (TPSA) is 46.5 Å². The summed E-state index contributed by atoms with van der Waals surface area (Å²) in [7, 11) is 0. The summed E-state index contributed by atoms with van der Waals surface area (Å²) in [6, 6.07) is 0. The molecule has 1 rings (SSSR count). The molecule has 1 aliphatic carbocycles. The minimum Gasteiger partial charge on any atom is -0.456 e. The third kappa shape index (κ3) is 3.63. The minimum atomic E-state index is -0.495. The van der Waals surface area contributed by atoms with Crippen LogP contribution in [-0.4, -0.2) is 23.3 Å². The Hall–Kier alpha value is -0.830. The van der Waals surface area contributed by atoms with Crippen molar-refractivity contribution in [2.75, 3.05) is 0 Å². The molecule has 0 radical (unpaired) electrons. The Morgan fingerprint density at radius 2 is 2.19 bits per heavy atom. The monoisotopic (exact) mass is 226 g/mol. The van der Waals surface area contributed by atoms with Crippen LogP contribution in [0, 0.1) is 5.92 Å². The van der Waals surface area contributed by atoms with Gasteiger partial charge in [0.15, 0.2) is 0 Å². The molecule has 0 aliphatic heterocycles. The van der Waals surface area contributed by atoms with Gasteiger partial charge in [-0.2, -0.15) is 0 Å². The zero-order valence-corrected chi connectivity index (χ0v) is 10.2. The highest BCUT2D eigenvalue weighted by Crippen LogP contribution is 2.32. The Balaban J connectivity index is 2.39. The standard InChI is InChI=1S/C13H22O3/c1-4-5-6-10-7-11(14)12(8-10)16-13(15)9(2)3/h10-12,14H,2,4-8H2,1,3H3. The first-order valence-corrected chi connectivity index (χ1v) is 6.09. The molecule has 1 N–H and O–H groups in total. The fourth-order valence-electron chi connectivity index (χ4n) is 2.17. The van der Waals surface area contributed by atoms with E-state index in [0.29, 0.717) is 11.5 Å².